The van der Waals surface area contributed by atoms with Crippen LogP contribution in [0.2, 0.25) is 5.02 Å². The maximum absolute atomic E-state index is 11.9. The molecule has 1 amide bonds. The van der Waals surface area contributed by atoms with Crippen LogP contribution in [0.3, 0.4) is 0 Å². The summed E-state index contributed by atoms with van der Waals surface area (Å²) in [5.41, 5.74) is 1.11. The summed E-state index contributed by atoms with van der Waals surface area (Å²) in [6.07, 6.45) is -0.163. The minimum Gasteiger partial charge on any atom is -0.439 e. The molecule has 3 rings (SSSR count). The predicted molar refractivity (Wildman–Crippen MR) is 94.0 cm³/mol. The minimum absolute atomic E-state index is 0.124. The number of Topliss-reactive ketones (excluding diaryl/α,β-unsaturated/α-hetero) is 1. The molecular formula is C18H14ClN3O4. The summed E-state index contributed by atoms with van der Waals surface area (Å²) in [4.78, 5) is 27.7. The Morgan fingerprint density at radius 1 is 1.08 bits per heavy atom. The Kier molecular flexibility index (Phi) is 5.60. The van der Waals surface area contributed by atoms with Gasteiger partial charge in [-0.1, -0.05) is 59.2 Å². The van der Waals surface area contributed by atoms with Crippen LogP contribution >= 0.6 is 11.6 Å². The fourth-order valence-corrected chi connectivity index (χ4v) is 2.32. The standard InChI is InChI=1S/C18H14ClN3O4/c19-14-9-5-4-8-13(14)17-21-18(26-22-17)25-11-16(24)20-10-15(23)12-6-2-1-3-7-12/h1-9H,10-11H2,(H,20,24). The molecule has 0 aliphatic rings. The fourth-order valence-electron chi connectivity index (χ4n) is 2.10. The van der Waals surface area contributed by atoms with Crippen LogP contribution in [0.1, 0.15) is 10.4 Å². The van der Waals surface area contributed by atoms with Crippen molar-refractivity contribution in [3.8, 4) is 17.5 Å². The quantitative estimate of drug-likeness (QED) is 0.642. The average Bonchev–Trinajstić information content (AvgIpc) is 3.14. The van der Waals surface area contributed by atoms with E-state index in [0.29, 0.717) is 16.1 Å². The first kappa shape index (κ1) is 17.6. The van der Waals surface area contributed by atoms with E-state index in [4.69, 9.17) is 20.9 Å². The van der Waals surface area contributed by atoms with E-state index < -0.39 is 5.91 Å². The summed E-state index contributed by atoms with van der Waals surface area (Å²) in [6.45, 7) is -0.479. The van der Waals surface area contributed by atoms with E-state index in [1.807, 2.05) is 6.07 Å². The predicted octanol–water partition coefficient (Wildman–Crippen LogP) is 2.77. The van der Waals surface area contributed by atoms with Crippen LogP contribution in [-0.2, 0) is 4.79 Å². The number of carbonyl (C=O) groups is 2. The second kappa shape index (κ2) is 8.26. The van der Waals surface area contributed by atoms with E-state index in [0.717, 1.165) is 0 Å². The van der Waals surface area contributed by atoms with Crippen LogP contribution in [-0.4, -0.2) is 35.0 Å². The van der Waals surface area contributed by atoms with Gasteiger partial charge >= 0.3 is 6.08 Å². The lowest BCUT2D eigenvalue weighted by molar-refractivity contribution is -0.123. The Balaban J connectivity index is 1.49. The number of amides is 1. The second-order valence-corrected chi connectivity index (χ2v) is 5.63. The first-order valence-electron chi connectivity index (χ1n) is 7.70. The molecular weight excluding hydrogens is 358 g/mol. The topological polar surface area (TPSA) is 94.3 Å². The summed E-state index contributed by atoms with van der Waals surface area (Å²) in [5.74, 6) is -0.421. The van der Waals surface area contributed by atoms with Crippen molar-refractivity contribution >= 4 is 23.3 Å². The van der Waals surface area contributed by atoms with Crippen molar-refractivity contribution in [2.24, 2.45) is 0 Å². The van der Waals surface area contributed by atoms with Gasteiger partial charge in [-0.25, -0.2) is 0 Å². The number of carbonyl (C=O) groups excluding carboxylic acids is 2. The molecule has 132 valence electrons. The zero-order valence-corrected chi connectivity index (χ0v) is 14.3. The Morgan fingerprint density at radius 2 is 1.81 bits per heavy atom. The fraction of sp³-hybridized carbons (Fsp3) is 0.111. The zero-order valence-electron chi connectivity index (χ0n) is 13.5. The van der Waals surface area contributed by atoms with E-state index in [2.05, 4.69) is 15.5 Å². The monoisotopic (exact) mass is 371 g/mol. The molecule has 0 aliphatic heterocycles. The Labute approximate surface area is 153 Å². The molecule has 26 heavy (non-hydrogen) atoms. The van der Waals surface area contributed by atoms with E-state index in [9.17, 15) is 9.59 Å². The van der Waals surface area contributed by atoms with Crippen molar-refractivity contribution < 1.29 is 18.8 Å². The summed E-state index contributed by atoms with van der Waals surface area (Å²) in [7, 11) is 0. The molecule has 2 aromatic carbocycles. The van der Waals surface area contributed by atoms with Gasteiger partial charge in [0, 0.05) is 11.1 Å². The summed E-state index contributed by atoms with van der Waals surface area (Å²) in [6, 6.07) is 15.7. The van der Waals surface area contributed by atoms with Crippen molar-refractivity contribution in [2.45, 2.75) is 0 Å². The molecule has 0 unspecified atom stereocenters. The molecule has 0 bridgehead atoms. The van der Waals surface area contributed by atoms with Gasteiger partial charge in [0.25, 0.3) is 5.91 Å². The lowest BCUT2D eigenvalue weighted by Gasteiger charge is -2.04. The van der Waals surface area contributed by atoms with Gasteiger partial charge in [-0.15, -0.1) is 0 Å². The van der Waals surface area contributed by atoms with E-state index >= 15 is 0 Å². The minimum atomic E-state index is -0.480. The number of ether oxygens (including phenoxy) is 1. The van der Waals surface area contributed by atoms with Gasteiger partial charge in [-0.2, -0.15) is 4.98 Å². The normalized spacial score (nSPS) is 10.3. The molecule has 0 fully saturated rings. The molecule has 0 saturated heterocycles. The molecule has 0 saturated carbocycles. The van der Waals surface area contributed by atoms with Crippen LogP contribution in [0, 0.1) is 0 Å². The first-order chi connectivity index (χ1) is 12.6. The van der Waals surface area contributed by atoms with Crippen LogP contribution < -0.4 is 10.1 Å². The molecule has 1 aromatic heterocycles. The highest BCUT2D eigenvalue weighted by molar-refractivity contribution is 6.33. The van der Waals surface area contributed by atoms with Gasteiger partial charge in [-0.3, -0.25) is 14.1 Å². The van der Waals surface area contributed by atoms with Gasteiger partial charge in [0.2, 0.25) is 5.82 Å². The third-order valence-electron chi connectivity index (χ3n) is 3.39. The summed E-state index contributed by atoms with van der Waals surface area (Å²) < 4.78 is 10.1. The molecule has 7 nitrogen and oxygen atoms in total. The summed E-state index contributed by atoms with van der Waals surface area (Å²) in [5, 5.41) is 6.70. The molecule has 0 spiro atoms. The maximum atomic E-state index is 11.9. The second-order valence-electron chi connectivity index (χ2n) is 5.22. The highest BCUT2D eigenvalue weighted by Gasteiger charge is 2.14. The first-order valence-corrected chi connectivity index (χ1v) is 8.07. The summed E-state index contributed by atoms with van der Waals surface area (Å²) >= 11 is 6.06. The molecule has 0 aliphatic carbocycles. The number of ketones is 1. The highest BCUT2D eigenvalue weighted by Crippen LogP contribution is 2.26. The number of benzene rings is 2. The number of rotatable bonds is 7. The largest absolute Gasteiger partial charge is 0.439 e. The van der Waals surface area contributed by atoms with Gasteiger partial charge in [0.15, 0.2) is 12.4 Å². The van der Waals surface area contributed by atoms with E-state index in [-0.39, 0.29) is 30.8 Å². The lowest BCUT2D eigenvalue weighted by atomic mass is 10.1. The molecule has 8 heteroatoms. The van der Waals surface area contributed by atoms with Crippen molar-refractivity contribution in [3.63, 3.8) is 0 Å². The van der Waals surface area contributed by atoms with Gasteiger partial charge in [0.1, 0.15) is 0 Å². The molecule has 1 heterocycles. The molecule has 0 atom stereocenters. The smallest absolute Gasteiger partial charge is 0.418 e. The number of hydrogen-bond acceptors (Lipinski definition) is 6. The Morgan fingerprint density at radius 3 is 2.58 bits per heavy atom. The zero-order chi connectivity index (χ0) is 18.4. The molecule has 3 aromatic rings. The third-order valence-corrected chi connectivity index (χ3v) is 3.72. The third kappa shape index (κ3) is 4.46. The highest BCUT2D eigenvalue weighted by atomic mass is 35.5. The van der Waals surface area contributed by atoms with Crippen LogP contribution in [0.4, 0.5) is 0 Å². The van der Waals surface area contributed by atoms with Crippen LogP contribution in [0.15, 0.2) is 59.1 Å². The number of nitrogens with one attached hydrogen (secondary N) is 1. The average molecular weight is 372 g/mol. The van der Waals surface area contributed by atoms with Gasteiger partial charge < -0.3 is 10.1 Å². The van der Waals surface area contributed by atoms with Gasteiger partial charge in [-0.05, 0) is 12.1 Å². The molecule has 0 radical (unpaired) electrons. The Hall–Kier alpha value is -3.19. The van der Waals surface area contributed by atoms with Crippen molar-refractivity contribution in [2.75, 3.05) is 13.2 Å². The molecule has 1 N–H and O–H groups in total. The number of aromatic nitrogens is 2. The van der Waals surface area contributed by atoms with Crippen LogP contribution in [0.5, 0.6) is 6.08 Å². The van der Waals surface area contributed by atoms with Gasteiger partial charge in [0.05, 0.1) is 11.6 Å². The lowest BCUT2D eigenvalue weighted by Crippen LogP contribution is -2.33. The van der Waals surface area contributed by atoms with Crippen LogP contribution in [0.25, 0.3) is 11.4 Å². The van der Waals surface area contributed by atoms with E-state index in [1.165, 1.54) is 0 Å². The number of hydrogen-bond donors (Lipinski definition) is 1. The number of nitrogens with zero attached hydrogens (tertiary/aromatic N) is 2. The maximum Gasteiger partial charge on any atom is 0.418 e. The van der Waals surface area contributed by atoms with E-state index in [1.54, 1.807) is 48.5 Å². The Bertz CT molecular complexity index is 912. The van der Waals surface area contributed by atoms with Crippen molar-refractivity contribution in [1.29, 1.82) is 0 Å². The SMILES string of the molecule is O=C(COc1nc(-c2ccccc2Cl)no1)NCC(=O)c1ccccc1. The van der Waals surface area contributed by atoms with Crippen molar-refractivity contribution in [3.05, 3.63) is 65.2 Å². The van der Waals surface area contributed by atoms with Crippen molar-refractivity contribution in [1.82, 2.24) is 15.5 Å². The number of halogens is 1.